The van der Waals surface area contributed by atoms with Crippen molar-refractivity contribution in [3.05, 3.63) is 36.4 Å². The van der Waals surface area contributed by atoms with Gasteiger partial charge in [0.25, 0.3) is 0 Å². The second-order valence-electron chi connectivity index (χ2n) is 4.81. The number of carbonyl (C=O) groups is 1. The molecule has 0 spiro atoms. The normalized spacial score (nSPS) is 15.8. The first-order chi connectivity index (χ1) is 9.25. The zero-order valence-corrected chi connectivity index (χ0v) is 11.8. The minimum Gasteiger partial charge on any atom is -0.426 e. The molecule has 1 heterocycles. The highest BCUT2D eigenvalue weighted by atomic mass is 32.2. The summed E-state index contributed by atoms with van der Waals surface area (Å²) in [4.78, 5) is 12.6. The van der Waals surface area contributed by atoms with Crippen LogP contribution in [-0.4, -0.2) is 17.5 Å². The fraction of sp³-hybridized carbons (Fsp3) is 0.312. The molecule has 0 atom stereocenters. The summed E-state index contributed by atoms with van der Waals surface area (Å²) in [5, 5.41) is 2.29. The molecule has 1 fully saturated rings. The number of fused-ring (bicyclic) bond motifs is 1. The van der Waals surface area contributed by atoms with Gasteiger partial charge in [0.1, 0.15) is 17.3 Å². The fourth-order valence-electron chi connectivity index (χ4n) is 2.61. The molecule has 0 radical (unpaired) electrons. The topological polar surface area (TPSA) is 26.3 Å². The molecule has 0 aliphatic carbocycles. The van der Waals surface area contributed by atoms with Crippen LogP contribution in [-0.2, 0) is 15.7 Å². The summed E-state index contributed by atoms with van der Waals surface area (Å²) in [5.41, 5.74) is 0. The van der Waals surface area contributed by atoms with Gasteiger partial charge in [-0.05, 0) is 31.0 Å². The highest BCUT2D eigenvalue weighted by Gasteiger charge is 2.29. The van der Waals surface area contributed by atoms with Crippen LogP contribution in [0.25, 0.3) is 10.8 Å². The first-order valence-electron chi connectivity index (χ1n) is 6.63. The SMILES string of the molecule is CC(=O)Oc1ccc([S+]2CCCC2)c2ccccc12. The van der Waals surface area contributed by atoms with Crippen LogP contribution in [0, 0.1) is 0 Å². The molecule has 0 aromatic heterocycles. The van der Waals surface area contributed by atoms with E-state index in [0.717, 1.165) is 5.39 Å². The Morgan fingerprint density at radius 1 is 1.05 bits per heavy atom. The maximum atomic E-state index is 11.2. The standard InChI is InChI=1S/C16H17O2S/c1-12(17)18-15-8-9-16(19-10-4-5-11-19)14-7-3-2-6-13(14)15/h2-3,6-9H,4-5,10-11H2,1H3/q+1. The number of benzene rings is 2. The lowest BCUT2D eigenvalue weighted by molar-refractivity contribution is -0.131. The molecule has 2 nitrogen and oxygen atoms in total. The van der Waals surface area contributed by atoms with Gasteiger partial charge in [0, 0.05) is 28.6 Å². The van der Waals surface area contributed by atoms with Gasteiger partial charge in [0.15, 0.2) is 4.90 Å². The number of ether oxygens (including phenoxy) is 1. The summed E-state index contributed by atoms with van der Waals surface area (Å²) in [6.07, 6.45) is 2.67. The van der Waals surface area contributed by atoms with E-state index in [-0.39, 0.29) is 5.97 Å². The predicted octanol–water partition coefficient (Wildman–Crippen LogP) is 3.54. The number of esters is 1. The molecule has 19 heavy (non-hydrogen) atoms. The predicted molar refractivity (Wildman–Crippen MR) is 79.9 cm³/mol. The molecule has 2 aromatic rings. The molecular formula is C16H17O2S+. The van der Waals surface area contributed by atoms with Gasteiger partial charge in [0.05, 0.1) is 0 Å². The smallest absolute Gasteiger partial charge is 0.308 e. The van der Waals surface area contributed by atoms with Gasteiger partial charge >= 0.3 is 5.97 Å². The van der Waals surface area contributed by atoms with E-state index >= 15 is 0 Å². The van der Waals surface area contributed by atoms with Crippen molar-refractivity contribution in [2.75, 3.05) is 11.5 Å². The van der Waals surface area contributed by atoms with Crippen LogP contribution in [0.2, 0.25) is 0 Å². The van der Waals surface area contributed by atoms with Crippen LogP contribution < -0.4 is 4.74 Å². The third kappa shape index (κ3) is 2.47. The second kappa shape index (κ2) is 5.25. The molecule has 0 amide bonds. The van der Waals surface area contributed by atoms with E-state index in [2.05, 4.69) is 18.2 Å². The summed E-state index contributed by atoms with van der Waals surface area (Å²) in [5.74, 6) is 3.02. The van der Waals surface area contributed by atoms with E-state index < -0.39 is 0 Å². The van der Waals surface area contributed by atoms with Gasteiger partial charge in [-0.25, -0.2) is 0 Å². The Bertz CT molecular complexity index is 615. The van der Waals surface area contributed by atoms with Crippen molar-refractivity contribution >= 4 is 27.6 Å². The molecule has 3 rings (SSSR count). The van der Waals surface area contributed by atoms with E-state index in [0.29, 0.717) is 16.6 Å². The maximum absolute atomic E-state index is 11.2. The van der Waals surface area contributed by atoms with Gasteiger partial charge in [0.2, 0.25) is 0 Å². The van der Waals surface area contributed by atoms with E-state index in [1.807, 2.05) is 18.2 Å². The molecule has 98 valence electrons. The first kappa shape index (κ1) is 12.5. The summed E-state index contributed by atoms with van der Waals surface area (Å²) in [7, 11) is 0.373. The zero-order chi connectivity index (χ0) is 13.2. The van der Waals surface area contributed by atoms with Gasteiger partial charge in [-0.3, -0.25) is 4.79 Å². The average molecular weight is 273 g/mol. The molecule has 1 saturated heterocycles. The Morgan fingerprint density at radius 2 is 1.74 bits per heavy atom. The van der Waals surface area contributed by atoms with E-state index in [1.54, 1.807) is 0 Å². The molecule has 0 saturated carbocycles. The van der Waals surface area contributed by atoms with Crippen LogP contribution in [0.5, 0.6) is 5.75 Å². The van der Waals surface area contributed by atoms with Crippen molar-refractivity contribution in [1.82, 2.24) is 0 Å². The lowest BCUT2D eigenvalue weighted by Crippen LogP contribution is -2.06. The Labute approximate surface area is 116 Å². The van der Waals surface area contributed by atoms with Crippen molar-refractivity contribution in [3.8, 4) is 5.75 Å². The average Bonchev–Trinajstić information content (AvgIpc) is 2.92. The second-order valence-corrected chi connectivity index (χ2v) is 7.05. The third-order valence-electron chi connectivity index (χ3n) is 3.44. The Kier molecular flexibility index (Phi) is 3.47. The Balaban J connectivity index is 2.12. The number of rotatable bonds is 2. The highest BCUT2D eigenvalue weighted by Crippen LogP contribution is 2.34. The molecule has 0 unspecified atom stereocenters. The van der Waals surface area contributed by atoms with Crippen LogP contribution in [0.3, 0.4) is 0 Å². The minimum absolute atomic E-state index is 0.263. The van der Waals surface area contributed by atoms with E-state index in [4.69, 9.17) is 4.74 Å². The molecule has 3 heteroatoms. The molecule has 1 aliphatic heterocycles. The largest absolute Gasteiger partial charge is 0.426 e. The van der Waals surface area contributed by atoms with Crippen molar-refractivity contribution in [1.29, 1.82) is 0 Å². The number of carbonyl (C=O) groups excluding carboxylic acids is 1. The zero-order valence-electron chi connectivity index (χ0n) is 11.0. The molecule has 0 bridgehead atoms. The van der Waals surface area contributed by atoms with Crippen LogP contribution in [0.1, 0.15) is 19.8 Å². The summed E-state index contributed by atoms with van der Waals surface area (Å²) < 4.78 is 5.31. The molecule has 0 N–H and O–H groups in total. The molecule has 2 aromatic carbocycles. The minimum atomic E-state index is -0.263. The van der Waals surface area contributed by atoms with Gasteiger partial charge in [-0.2, -0.15) is 0 Å². The van der Waals surface area contributed by atoms with Crippen molar-refractivity contribution < 1.29 is 9.53 Å². The third-order valence-corrected chi connectivity index (χ3v) is 5.98. The fourth-order valence-corrected chi connectivity index (χ4v) is 5.11. The highest BCUT2D eigenvalue weighted by molar-refractivity contribution is 7.97. The van der Waals surface area contributed by atoms with Gasteiger partial charge in [-0.15, -0.1) is 0 Å². The van der Waals surface area contributed by atoms with Crippen LogP contribution >= 0.6 is 0 Å². The Hall–Kier alpha value is -1.48. The van der Waals surface area contributed by atoms with Gasteiger partial charge < -0.3 is 4.74 Å². The number of hydrogen-bond donors (Lipinski definition) is 0. The van der Waals surface area contributed by atoms with Crippen LogP contribution in [0.15, 0.2) is 41.3 Å². The Morgan fingerprint density at radius 3 is 2.42 bits per heavy atom. The van der Waals surface area contributed by atoms with E-state index in [9.17, 15) is 4.79 Å². The molecule has 1 aliphatic rings. The van der Waals surface area contributed by atoms with E-state index in [1.165, 1.54) is 41.6 Å². The van der Waals surface area contributed by atoms with Crippen molar-refractivity contribution in [2.24, 2.45) is 0 Å². The number of hydrogen-bond acceptors (Lipinski definition) is 2. The summed E-state index contributed by atoms with van der Waals surface area (Å²) in [6.45, 7) is 1.45. The lowest BCUT2D eigenvalue weighted by Gasteiger charge is -2.09. The van der Waals surface area contributed by atoms with Gasteiger partial charge in [-0.1, -0.05) is 18.2 Å². The maximum Gasteiger partial charge on any atom is 0.308 e. The van der Waals surface area contributed by atoms with Crippen molar-refractivity contribution in [3.63, 3.8) is 0 Å². The quantitative estimate of drug-likeness (QED) is 0.475. The first-order valence-corrected chi connectivity index (χ1v) is 8.19. The van der Waals surface area contributed by atoms with Crippen molar-refractivity contribution in [2.45, 2.75) is 24.7 Å². The monoisotopic (exact) mass is 273 g/mol. The summed E-state index contributed by atoms with van der Waals surface area (Å²) in [6, 6.07) is 12.3. The summed E-state index contributed by atoms with van der Waals surface area (Å²) >= 11 is 0. The molecular weight excluding hydrogens is 256 g/mol. The van der Waals surface area contributed by atoms with Crippen LogP contribution in [0.4, 0.5) is 0 Å². The lowest BCUT2D eigenvalue weighted by atomic mass is 10.1.